The highest BCUT2D eigenvalue weighted by atomic mass is 32.2. The first-order valence-electron chi connectivity index (χ1n) is 15.3. The Balaban J connectivity index is 1.23. The number of nitrogen functional groups attached to an aromatic ring is 1. The Bertz CT molecular complexity index is 1630. The Morgan fingerprint density at radius 1 is 1.04 bits per heavy atom. The average Bonchev–Trinajstić information content (AvgIpc) is 3.45. The molecule has 1 heterocycles. The van der Waals surface area contributed by atoms with Crippen LogP contribution >= 0.6 is 11.8 Å². The van der Waals surface area contributed by atoms with Crippen molar-refractivity contribution < 1.29 is 38.1 Å². The second-order valence-corrected chi connectivity index (χ2v) is 14.9. The van der Waals surface area contributed by atoms with Crippen LogP contribution < -0.4 is 5.73 Å². The number of aliphatic hydroxyl groups is 2. The molecule has 45 heavy (non-hydrogen) atoms. The van der Waals surface area contributed by atoms with E-state index in [2.05, 4.69) is 0 Å². The molecule has 1 saturated heterocycles. The second kappa shape index (κ2) is 10.1. The molecule has 4 N–H and O–H groups in total. The highest BCUT2D eigenvalue weighted by Crippen LogP contribution is 2.73. The number of aliphatic hydroxyl groups excluding tert-OH is 2. The van der Waals surface area contributed by atoms with Gasteiger partial charge in [-0.15, -0.1) is 0 Å². The van der Waals surface area contributed by atoms with Gasteiger partial charge in [-0.1, -0.05) is 36.9 Å². The molecule has 4 fully saturated rings. The summed E-state index contributed by atoms with van der Waals surface area (Å²) in [6, 6.07) is 15.1. The quantitative estimate of drug-likeness (QED) is 0.381. The number of ketones is 2. The predicted octanol–water partition coefficient (Wildman–Crippen LogP) is 5.24. The number of Topliss-reactive ketones (excluding diaryl/α,β-unsaturated/α-hetero) is 1. The number of rotatable bonds is 5. The molecule has 0 radical (unpaired) electrons. The second-order valence-electron chi connectivity index (χ2n) is 13.8. The van der Waals surface area contributed by atoms with E-state index in [4.69, 9.17) is 15.2 Å². The number of alkyl halides is 2. The number of hydrogen-bond acceptors (Lipinski definition) is 8. The van der Waals surface area contributed by atoms with Crippen LogP contribution in [0.3, 0.4) is 0 Å². The van der Waals surface area contributed by atoms with Crippen LogP contribution in [0.4, 0.5) is 14.5 Å². The third kappa shape index (κ3) is 4.02. The molecule has 10 atom stereocenters. The van der Waals surface area contributed by atoms with Gasteiger partial charge in [0.2, 0.25) is 0 Å². The molecule has 0 spiro atoms. The fourth-order valence-corrected chi connectivity index (χ4v) is 10.2. The Kier molecular flexibility index (Phi) is 6.87. The lowest BCUT2D eigenvalue weighted by atomic mass is 9.44. The van der Waals surface area contributed by atoms with Gasteiger partial charge in [0.1, 0.15) is 12.8 Å². The Hall–Kier alpha value is -2.89. The van der Waals surface area contributed by atoms with Crippen LogP contribution in [0.25, 0.3) is 0 Å². The third-order valence-electron chi connectivity index (χ3n) is 11.6. The lowest BCUT2D eigenvalue weighted by Crippen LogP contribution is -2.71. The van der Waals surface area contributed by atoms with Crippen molar-refractivity contribution in [3.63, 3.8) is 0 Å². The zero-order valence-electron chi connectivity index (χ0n) is 25.3. The van der Waals surface area contributed by atoms with E-state index in [1.165, 1.54) is 19.1 Å². The molecule has 5 aliphatic rings. The monoisotopic (exact) mass is 637 g/mol. The molecule has 3 saturated carbocycles. The van der Waals surface area contributed by atoms with Crippen LogP contribution in [-0.2, 0) is 24.8 Å². The summed E-state index contributed by atoms with van der Waals surface area (Å²) in [7, 11) is 0. The van der Waals surface area contributed by atoms with E-state index in [0.717, 1.165) is 15.9 Å². The number of halogens is 2. The fraction of sp³-hybridized carbons (Fsp3) is 0.486. The summed E-state index contributed by atoms with van der Waals surface area (Å²) in [6.45, 7) is 4.20. The maximum Gasteiger partial charge on any atom is 0.193 e. The minimum atomic E-state index is -2.30. The van der Waals surface area contributed by atoms with E-state index in [0.29, 0.717) is 11.3 Å². The van der Waals surface area contributed by atoms with E-state index in [-0.39, 0.29) is 24.8 Å². The smallest absolute Gasteiger partial charge is 0.193 e. The van der Waals surface area contributed by atoms with Crippen molar-refractivity contribution in [1.29, 1.82) is 0 Å². The molecule has 2 aromatic carbocycles. The molecule has 238 valence electrons. The van der Waals surface area contributed by atoms with Crippen molar-refractivity contribution >= 4 is 29.0 Å². The molecule has 4 aliphatic carbocycles. The van der Waals surface area contributed by atoms with Crippen molar-refractivity contribution in [3.05, 3.63) is 77.9 Å². The summed E-state index contributed by atoms with van der Waals surface area (Å²) in [6.07, 6.45) is -0.560. The maximum absolute atomic E-state index is 17.6. The molecular formula is C35H37F2NO6S. The summed E-state index contributed by atoms with van der Waals surface area (Å²) in [5.41, 5.74) is 0.434. The topological polar surface area (TPSA) is 119 Å². The SMILES string of the molecule is C[C@@]1(c2ccc(Sc3ccc(N)cc3)cc2)O[C@H]2C[C@H]3[C@@H]4C[C@H](F)C5=CC(=O)C=C[C@]5(C)[C@@]4(F)[C@@H](O)C[C@]3(C)[C@@]2(C(=O)CO)O1. The van der Waals surface area contributed by atoms with Gasteiger partial charge in [-0.05, 0) is 93.2 Å². The number of fused-ring (bicyclic) bond motifs is 7. The van der Waals surface area contributed by atoms with Gasteiger partial charge in [-0.3, -0.25) is 9.59 Å². The molecule has 0 aromatic heterocycles. The van der Waals surface area contributed by atoms with Crippen LogP contribution in [-0.4, -0.2) is 58.0 Å². The van der Waals surface area contributed by atoms with E-state index in [1.807, 2.05) is 48.5 Å². The molecule has 7 nitrogen and oxygen atoms in total. The zero-order valence-corrected chi connectivity index (χ0v) is 26.2. The summed E-state index contributed by atoms with van der Waals surface area (Å²) < 4.78 is 46.8. The number of allylic oxidation sites excluding steroid dienone is 4. The van der Waals surface area contributed by atoms with Crippen molar-refractivity contribution in [3.8, 4) is 0 Å². The van der Waals surface area contributed by atoms with Gasteiger partial charge >= 0.3 is 0 Å². The largest absolute Gasteiger partial charge is 0.399 e. The van der Waals surface area contributed by atoms with Gasteiger partial charge in [-0.2, -0.15) is 0 Å². The number of ether oxygens (including phenoxy) is 2. The summed E-state index contributed by atoms with van der Waals surface area (Å²) in [5, 5.41) is 22.0. The van der Waals surface area contributed by atoms with Crippen LogP contribution in [0.15, 0.2) is 82.1 Å². The first kappa shape index (κ1) is 30.7. The van der Waals surface area contributed by atoms with Gasteiger partial charge < -0.3 is 25.4 Å². The van der Waals surface area contributed by atoms with Gasteiger partial charge in [0.15, 0.2) is 28.6 Å². The van der Waals surface area contributed by atoms with Gasteiger partial charge in [-0.25, -0.2) is 8.78 Å². The molecular weight excluding hydrogens is 600 g/mol. The summed E-state index contributed by atoms with van der Waals surface area (Å²) in [4.78, 5) is 28.0. The van der Waals surface area contributed by atoms with Crippen LogP contribution in [0.5, 0.6) is 0 Å². The molecule has 1 aliphatic heterocycles. The number of nitrogens with two attached hydrogens (primary N) is 1. The minimum absolute atomic E-state index is 0.0359. The number of hydrogen-bond donors (Lipinski definition) is 3. The first-order chi connectivity index (χ1) is 21.2. The lowest BCUT2D eigenvalue weighted by Gasteiger charge is -2.63. The van der Waals surface area contributed by atoms with E-state index >= 15 is 8.78 Å². The van der Waals surface area contributed by atoms with Gasteiger partial charge in [0, 0.05) is 37.8 Å². The molecule has 2 aromatic rings. The molecule has 0 unspecified atom stereocenters. The van der Waals surface area contributed by atoms with Crippen LogP contribution in [0.1, 0.15) is 45.6 Å². The molecule has 0 bridgehead atoms. The Labute approximate surface area is 264 Å². The number of carbonyl (C=O) groups is 2. The van der Waals surface area contributed by atoms with Crippen LogP contribution in [0, 0.1) is 22.7 Å². The summed E-state index contributed by atoms with van der Waals surface area (Å²) in [5.74, 6) is -4.02. The van der Waals surface area contributed by atoms with Gasteiger partial charge in [0.25, 0.3) is 0 Å². The van der Waals surface area contributed by atoms with Crippen molar-refractivity contribution in [2.75, 3.05) is 12.3 Å². The van der Waals surface area contributed by atoms with Crippen LogP contribution in [0.2, 0.25) is 0 Å². The average molecular weight is 638 g/mol. The minimum Gasteiger partial charge on any atom is -0.399 e. The molecule has 7 rings (SSSR count). The highest BCUT2D eigenvalue weighted by Gasteiger charge is 2.81. The van der Waals surface area contributed by atoms with E-state index < -0.39 is 76.3 Å². The fourth-order valence-electron chi connectivity index (χ4n) is 9.39. The standard InChI is InChI=1S/C35H37F2NO6S/c1-31-13-12-21(40)14-26(31)27(36)15-25-24-16-30-35(29(42)18-39,32(24,2)17-28(41)34(25,31)37)44-33(3,43-30)19-4-8-22(9-5-19)45-23-10-6-20(38)7-11-23/h4-14,24-25,27-28,30,39,41H,15-18,38H2,1-3H3/t24-,25-,27-,28-,30-,31-,32-,33+,34-,35-/m0/s1. The van der Waals surface area contributed by atoms with E-state index in [9.17, 15) is 19.8 Å². The number of carbonyl (C=O) groups excluding carboxylic acids is 2. The van der Waals surface area contributed by atoms with Gasteiger partial charge in [0.05, 0.1) is 12.2 Å². The van der Waals surface area contributed by atoms with E-state index in [1.54, 1.807) is 25.6 Å². The Morgan fingerprint density at radius 3 is 2.33 bits per heavy atom. The van der Waals surface area contributed by atoms with Crippen molar-refractivity contribution in [2.45, 2.75) is 85.3 Å². The normalized spacial score (nSPS) is 43.2. The lowest BCUT2D eigenvalue weighted by molar-refractivity contribution is -0.256. The highest BCUT2D eigenvalue weighted by molar-refractivity contribution is 7.99. The van der Waals surface area contributed by atoms with Crippen molar-refractivity contribution in [1.82, 2.24) is 0 Å². The first-order valence-corrected chi connectivity index (χ1v) is 16.2. The maximum atomic E-state index is 17.6. The molecule has 0 amide bonds. The van der Waals surface area contributed by atoms with Crippen molar-refractivity contribution in [2.24, 2.45) is 22.7 Å². The number of benzene rings is 2. The third-order valence-corrected chi connectivity index (χ3v) is 12.6. The molecule has 10 heteroatoms. The summed E-state index contributed by atoms with van der Waals surface area (Å²) >= 11 is 1.56. The Morgan fingerprint density at radius 2 is 1.69 bits per heavy atom. The predicted molar refractivity (Wildman–Crippen MR) is 164 cm³/mol. The number of anilines is 1. The zero-order chi connectivity index (χ0) is 32.2.